The third kappa shape index (κ3) is 3.12. The molecule has 0 N–H and O–H groups in total. The fourth-order valence-electron chi connectivity index (χ4n) is 3.11. The molecule has 1 aliphatic heterocycles. The molecule has 0 saturated heterocycles. The normalized spacial score (nSPS) is 12.4. The number of ether oxygens (including phenoxy) is 4. The highest BCUT2D eigenvalue weighted by molar-refractivity contribution is 5.88. The molecule has 1 aliphatic rings. The fraction of sp³-hybridized carbons (Fsp3) is 0.286. The standard InChI is InChI=1S/C21H21NO4/c1-3-8-24-18-5-4-14(10-19(18)23-2)9-17-16-12-21-20(25-13-26-21)11-15(16)6-7-22-17/h4-7,10-12H,3,8-9,13H2,1-2H3. The number of aromatic nitrogens is 1. The van der Waals surface area contributed by atoms with Gasteiger partial charge in [-0.25, -0.2) is 0 Å². The van der Waals surface area contributed by atoms with Crippen LogP contribution in [0.5, 0.6) is 23.0 Å². The van der Waals surface area contributed by atoms with Crippen LogP contribution in [0.3, 0.4) is 0 Å². The molecule has 0 spiro atoms. The maximum absolute atomic E-state index is 5.73. The quantitative estimate of drug-likeness (QED) is 0.661. The van der Waals surface area contributed by atoms with Gasteiger partial charge in [0.1, 0.15) is 0 Å². The van der Waals surface area contributed by atoms with Gasteiger partial charge in [0.2, 0.25) is 6.79 Å². The lowest BCUT2D eigenvalue weighted by Gasteiger charge is -2.12. The Balaban J connectivity index is 1.67. The van der Waals surface area contributed by atoms with Gasteiger partial charge < -0.3 is 18.9 Å². The topological polar surface area (TPSA) is 49.8 Å². The number of pyridine rings is 1. The summed E-state index contributed by atoms with van der Waals surface area (Å²) in [7, 11) is 1.66. The second-order valence-corrected chi connectivity index (χ2v) is 6.19. The highest BCUT2D eigenvalue weighted by Gasteiger charge is 2.16. The lowest BCUT2D eigenvalue weighted by molar-refractivity contribution is 0.174. The van der Waals surface area contributed by atoms with Crippen molar-refractivity contribution < 1.29 is 18.9 Å². The van der Waals surface area contributed by atoms with Crippen molar-refractivity contribution in [1.29, 1.82) is 0 Å². The Bertz CT molecular complexity index is 939. The van der Waals surface area contributed by atoms with E-state index in [1.807, 2.05) is 36.5 Å². The molecule has 0 saturated carbocycles. The van der Waals surface area contributed by atoms with Gasteiger partial charge in [0.25, 0.3) is 0 Å². The average Bonchev–Trinajstić information content (AvgIpc) is 3.13. The smallest absolute Gasteiger partial charge is 0.231 e. The van der Waals surface area contributed by atoms with E-state index in [9.17, 15) is 0 Å². The van der Waals surface area contributed by atoms with Gasteiger partial charge in [-0.05, 0) is 47.7 Å². The summed E-state index contributed by atoms with van der Waals surface area (Å²) < 4.78 is 22.2. The van der Waals surface area contributed by atoms with E-state index in [-0.39, 0.29) is 6.79 Å². The Morgan fingerprint density at radius 2 is 1.88 bits per heavy atom. The van der Waals surface area contributed by atoms with E-state index in [4.69, 9.17) is 18.9 Å². The molecule has 0 fully saturated rings. The summed E-state index contributed by atoms with van der Waals surface area (Å²) in [5.74, 6) is 3.07. The molecule has 2 heterocycles. The monoisotopic (exact) mass is 351 g/mol. The highest BCUT2D eigenvalue weighted by Crippen LogP contribution is 2.37. The van der Waals surface area contributed by atoms with Gasteiger partial charge in [-0.15, -0.1) is 0 Å². The molecule has 0 atom stereocenters. The average molecular weight is 351 g/mol. The van der Waals surface area contributed by atoms with Crippen LogP contribution in [0.1, 0.15) is 24.6 Å². The molecule has 134 valence electrons. The van der Waals surface area contributed by atoms with Crippen molar-refractivity contribution in [3.63, 3.8) is 0 Å². The molecule has 0 amide bonds. The zero-order valence-corrected chi connectivity index (χ0v) is 15.0. The number of hydrogen-bond donors (Lipinski definition) is 0. The number of fused-ring (bicyclic) bond motifs is 2. The van der Waals surface area contributed by atoms with E-state index in [0.29, 0.717) is 13.0 Å². The van der Waals surface area contributed by atoms with Crippen molar-refractivity contribution in [3.8, 4) is 23.0 Å². The summed E-state index contributed by atoms with van der Waals surface area (Å²) in [6.07, 6.45) is 3.48. The Hall–Kier alpha value is -2.95. The van der Waals surface area contributed by atoms with Gasteiger partial charge in [-0.3, -0.25) is 4.98 Å². The van der Waals surface area contributed by atoms with Crippen molar-refractivity contribution in [2.24, 2.45) is 0 Å². The van der Waals surface area contributed by atoms with Gasteiger partial charge >= 0.3 is 0 Å². The van der Waals surface area contributed by atoms with Crippen molar-refractivity contribution in [2.75, 3.05) is 20.5 Å². The molecule has 4 rings (SSSR count). The molecule has 0 radical (unpaired) electrons. The number of nitrogens with zero attached hydrogens (tertiary/aromatic N) is 1. The van der Waals surface area contributed by atoms with Crippen LogP contribution in [0.25, 0.3) is 10.8 Å². The molecule has 5 heteroatoms. The van der Waals surface area contributed by atoms with Crippen molar-refractivity contribution in [3.05, 3.63) is 53.9 Å². The molecule has 26 heavy (non-hydrogen) atoms. The molecule has 2 aromatic carbocycles. The van der Waals surface area contributed by atoms with Crippen LogP contribution >= 0.6 is 0 Å². The van der Waals surface area contributed by atoms with E-state index < -0.39 is 0 Å². The highest BCUT2D eigenvalue weighted by atomic mass is 16.7. The zero-order valence-electron chi connectivity index (χ0n) is 15.0. The predicted molar refractivity (Wildman–Crippen MR) is 99.5 cm³/mol. The summed E-state index contributed by atoms with van der Waals surface area (Å²) in [6, 6.07) is 12.0. The summed E-state index contributed by atoms with van der Waals surface area (Å²) in [6.45, 7) is 3.02. The lowest BCUT2D eigenvalue weighted by atomic mass is 10.0. The first-order valence-corrected chi connectivity index (χ1v) is 8.75. The van der Waals surface area contributed by atoms with Crippen LogP contribution in [-0.4, -0.2) is 25.5 Å². The van der Waals surface area contributed by atoms with Gasteiger partial charge in [0.05, 0.1) is 19.4 Å². The number of benzene rings is 2. The van der Waals surface area contributed by atoms with Gasteiger partial charge in [-0.2, -0.15) is 0 Å². The minimum atomic E-state index is 0.269. The maximum Gasteiger partial charge on any atom is 0.231 e. The van der Waals surface area contributed by atoms with E-state index >= 15 is 0 Å². The first-order valence-electron chi connectivity index (χ1n) is 8.75. The summed E-state index contributed by atoms with van der Waals surface area (Å²) in [5.41, 5.74) is 2.11. The van der Waals surface area contributed by atoms with Crippen LogP contribution in [-0.2, 0) is 6.42 Å². The summed E-state index contributed by atoms with van der Waals surface area (Å²) >= 11 is 0. The zero-order chi connectivity index (χ0) is 17.9. The van der Waals surface area contributed by atoms with Crippen LogP contribution in [0, 0.1) is 0 Å². The minimum Gasteiger partial charge on any atom is -0.493 e. The summed E-state index contributed by atoms with van der Waals surface area (Å²) in [4.78, 5) is 4.59. The molecular weight excluding hydrogens is 330 g/mol. The maximum atomic E-state index is 5.73. The van der Waals surface area contributed by atoms with E-state index in [1.54, 1.807) is 7.11 Å². The van der Waals surface area contributed by atoms with Crippen LogP contribution < -0.4 is 18.9 Å². The Labute approximate surface area is 152 Å². The fourth-order valence-corrected chi connectivity index (χ4v) is 3.11. The molecule has 3 aromatic rings. The second-order valence-electron chi connectivity index (χ2n) is 6.19. The van der Waals surface area contributed by atoms with Crippen molar-refractivity contribution in [1.82, 2.24) is 4.98 Å². The molecule has 0 aliphatic carbocycles. The van der Waals surface area contributed by atoms with Gasteiger partial charge in [-0.1, -0.05) is 13.0 Å². The van der Waals surface area contributed by atoms with Gasteiger partial charge in [0, 0.05) is 18.0 Å². The number of hydrogen-bond acceptors (Lipinski definition) is 5. The SMILES string of the molecule is CCCOc1ccc(Cc2nccc3cc4c(cc23)OCO4)cc1OC. The van der Waals surface area contributed by atoms with E-state index in [2.05, 4.69) is 18.0 Å². The van der Waals surface area contributed by atoms with E-state index in [0.717, 1.165) is 51.4 Å². The Morgan fingerprint density at radius 1 is 1.04 bits per heavy atom. The van der Waals surface area contributed by atoms with Crippen LogP contribution in [0.2, 0.25) is 0 Å². The Kier molecular flexibility index (Phi) is 4.52. The van der Waals surface area contributed by atoms with Crippen LogP contribution in [0.4, 0.5) is 0 Å². The number of methoxy groups -OCH3 is 1. The molecular formula is C21H21NO4. The van der Waals surface area contributed by atoms with Crippen molar-refractivity contribution >= 4 is 10.8 Å². The molecule has 5 nitrogen and oxygen atoms in total. The van der Waals surface area contributed by atoms with Crippen LogP contribution in [0.15, 0.2) is 42.6 Å². The van der Waals surface area contributed by atoms with Crippen molar-refractivity contribution in [2.45, 2.75) is 19.8 Å². The van der Waals surface area contributed by atoms with Gasteiger partial charge in [0.15, 0.2) is 23.0 Å². The molecule has 0 bridgehead atoms. The number of rotatable bonds is 6. The lowest BCUT2D eigenvalue weighted by Crippen LogP contribution is -1.99. The largest absolute Gasteiger partial charge is 0.493 e. The predicted octanol–water partition coefficient (Wildman–Crippen LogP) is 4.35. The molecule has 0 unspecified atom stereocenters. The molecule has 1 aromatic heterocycles. The minimum absolute atomic E-state index is 0.269. The first kappa shape index (κ1) is 16.5. The Morgan fingerprint density at radius 3 is 2.69 bits per heavy atom. The third-order valence-electron chi connectivity index (χ3n) is 4.40. The first-order chi connectivity index (χ1) is 12.8. The third-order valence-corrected chi connectivity index (χ3v) is 4.40. The summed E-state index contributed by atoms with van der Waals surface area (Å²) in [5, 5.41) is 2.16. The van der Waals surface area contributed by atoms with E-state index in [1.165, 1.54) is 0 Å². The second kappa shape index (κ2) is 7.12.